The number of hydrogen-bond donors (Lipinski definition) is 0. The summed E-state index contributed by atoms with van der Waals surface area (Å²) in [4.78, 5) is 26.1. The average Bonchev–Trinajstić information content (AvgIpc) is 3.46. The van der Waals surface area contributed by atoms with Crippen molar-refractivity contribution in [2.24, 2.45) is 0 Å². The first kappa shape index (κ1) is 25.0. The highest BCUT2D eigenvalue weighted by atomic mass is 16.5. The molecular weight excluding hydrogens is 486 g/mol. The number of carbonyl (C=O) groups excluding carboxylic acids is 2. The quantitative estimate of drug-likeness (QED) is 0.175. The summed E-state index contributed by atoms with van der Waals surface area (Å²) in [6.07, 6.45) is 3.73. The molecule has 38 heavy (non-hydrogen) atoms. The fourth-order valence-corrected chi connectivity index (χ4v) is 4.51. The van der Waals surface area contributed by atoms with Crippen LogP contribution in [0.4, 0.5) is 0 Å². The number of benzene rings is 3. The third-order valence-corrected chi connectivity index (χ3v) is 6.57. The third-order valence-electron chi connectivity index (χ3n) is 6.57. The molecule has 0 bridgehead atoms. The molecule has 0 aliphatic carbocycles. The predicted molar refractivity (Wildman–Crippen MR) is 143 cm³/mol. The van der Waals surface area contributed by atoms with Crippen LogP contribution in [0.3, 0.4) is 0 Å². The Morgan fingerprint density at radius 1 is 0.947 bits per heavy atom. The van der Waals surface area contributed by atoms with Crippen molar-refractivity contribution in [3.8, 4) is 28.7 Å². The van der Waals surface area contributed by atoms with E-state index in [9.17, 15) is 9.59 Å². The van der Waals surface area contributed by atoms with Gasteiger partial charge in [0, 0.05) is 40.8 Å². The van der Waals surface area contributed by atoms with Crippen molar-refractivity contribution < 1.29 is 33.3 Å². The zero-order valence-electron chi connectivity index (χ0n) is 21.8. The lowest BCUT2D eigenvalue weighted by molar-refractivity contribution is 0.0732. The van der Waals surface area contributed by atoms with Gasteiger partial charge >= 0.3 is 5.97 Å². The summed E-state index contributed by atoms with van der Waals surface area (Å²) in [6, 6.07) is 13.8. The molecule has 0 fully saturated rings. The molecule has 2 heterocycles. The normalized spacial score (nSPS) is 13.4. The summed E-state index contributed by atoms with van der Waals surface area (Å²) in [5.41, 5.74) is 3.09. The smallest absolute Gasteiger partial charge is 0.343 e. The summed E-state index contributed by atoms with van der Waals surface area (Å²) >= 11 is 0. The number of carbonyl (C=O) groups is 2. The van der Waals surface area contributed by atoms with E-state index in [0.29, 0.717) is 28.4 Å². The summed E-state index contributed by atoms with van der Waals surface area (Å²) in [6.45, 7) is 4.58. The molecule has 8 heteroatoms. The Bertz CT molecular complexity index is 1590. The highest BCUT2D eigenvalue weighted by Crippen LogP contribution is 2.40. The third kappa shape index (κ3) is 4.34. The highest BCUT2D eigenvalue weighted by Gasteiger charge is 2.31. The van der Waals surface area contributed by atoms with Gasteiger partial charge in [0.25, 0.3) is 0 Å². The number of nitrogens with zero attached hydrogens (tertiary/aromatic N) is 1. The SMILES string of the molecule is CCn1cc(/C=C2\Oc3c(ccc(OC(=O)c4cc(OC)cc(OC)c4)c3C)C2=O)c2cc(OC)ccc21. The number of ether oxygens (including phenoxy) is 5. The molecule has 1 aromatic heterocycles. The number of rotatable bonds is 7. The Morgan fingerprint density at radius 3 is 2.32 bits per heavy atom. The minimum atomic E-state index is -0.591. The van der Waals surface area contributed by atoms with Crippen molar-refractivity contribution in [3.63, 3.8) is 0 Å². The first-order valence-corrected chi connectivity index (χ1v) is 12.1. The first-order valence-electron chi connectivity index (χ1n) is 12.1. The Hall–Kier alpha value is -4.72. The van der Waals surface area contributed by atoms with Gasteiger partial charge in [-0.1, -0.05) is 0 Å². The van der Waals surface area contributed by atoms with Gasteiger partial charge in [-0.3, -0.25) is 4.79 Å². The Balaban J connectivity index is 1.46. The number of methoxy groups -OCH3 is 3. The number of allylic oxidation sites excluding steroid dienone is 1. The van der Waals surface area contributed by atoms with Crippen LogP contribution in [0.15, 0.2) is 60.5 Å². The largest absolute Gasteiger partial charge is 0.497 e. The van der Waals surface area contributed by atoms with Gasteiger partial charge in [-0.05, 0) is 62.4 Å². The van der Waals surface area contributed by atoms with Crippen molar-refractivity contribution in [1.29, 1.82) is 0 Å². The average molecular weight is 514 g/mol. The van der Waals surface area contributed by atoms with Crippen molar-refractivity contribution in [2.75, 3.05) is 21.3 Å². The van der Waals surface area contributed by atoms with E-state index >= 15 is 0 Å². The molecule has 8 nitrogen and oxygen atoms in total. The van der Waals surface area contributed by atoms with Gasteiger partial charge < -0.3 is 28.3 Å². The van der Waals surface area contributed by atoms with E-state index in [0.717, 1.165) is 28.8 Å². The number of Topliss-reactive ketones (excluding diaryl/α,β-unsaturated/α-hetero) is 1. The van der Waals surface area contributed by atoms with Crippen molar-refractivity contribution in [2.45, 2.75) is 20.4 Å². The van der Waals surface area contributed by atoms with E-state index in [1.807, 2.05) is 24.4 Å². The van der Waals surface area contributed by atoms with Crippen LogP contribution in [-0.2, 0) is 6.54 Å². The van der Waals surface area contributed by atoms with Crippen LogP contribution >= 0.6 is 0 Å². The molecule has 0 unspecified atom stereocenters. The van der Waals surface area contributed by atoms with Gasteiger partial charge in [0.2, 0.25) is 5.78 Å². The van der Waals surface area contributed by atoms with Crippen LogP contribution in [0.5, 0.6) is 28.7 Å². The number of esters is 1. The van der Waals surface area contributed by atoms with Crippen LogP contribution in [0, 0.1) is 6.92 Å². The first-order chi connectivity index (χ1) is 18.4. The number of ketones is 1. The van der Waals surface area contributed by atoms with Gasteiger partial charge in [0.05, 0.1) is 32.5 Å². The van der Waals surface area contributed by atoms with E-state index in [1.165, 1.54) is 14.2 Å². The van der Waals surface area contributed by atoms with Gasteiger partial charge in [-0.25, -0.2) is 4.79 Å². The highest BCUT2D eigenvalue weighted by molar-refractivity contribution is 6.15. The van der Waals surface area contributed by atoms with Crippen molar-refractivity contribution in [1.82, 2.24) is 4.57 Å². The van der Waals surface area contributed by atoms with Crippen LogP contribution in [0.2, 0.25) is 0 Å². The molecule has 1 aliphatic heterocycles. The maximum atomic E-state index is 13.2. The zero-order chi connectivity index (χ0) is 27.0. The molecule has 3 aromatic carbocycles. The van der Waals surface area contributed by atoms with Crippen molar-refractivity contribution in [3.05, 3.63) is 82.7 Å². The number of aromatic nitrogens is 1. The van der Waals surface area contributed by atoms with Gasteiger partial charge in [-0.2, -0.15) is 0 Å². The topological polar surface area (TPSA) is 85.2 Å². The Morgan fingerprint density at radius 2 is 1.66 bits per heavy atom. The number of fused-ring (bicyclic) bond motifs is 2. The number of aryl methyl sites for hydroxylation is 1. The molecule has 0 saturated carbocycles. The zero-order valence-corrected chi connectivity index (χ0v) is 21.8. The van der Waals surface area contributed by atoms with Crippen LogP contribution in [0.1, 0.15) is 38.8 Å². The minimum Gasteiger partial charge on any atom is -0.497 e. The fourth-order valence-electron chi connectivity index (χ4n) is 4.51. The molecule has 0 saturated heterocycles. The summed E-state index contributed by atoms with van der Waals surface area (Å²) < 4.78 is 29.7. The maximum Gasteiger partial charge on any atom is 0.343 e. The van der Waals surface area contributed by atoms with Crippen LogP contribution in [0.25, 0.3) is 17.0 Å². The minimum absolute atomic E-state index is 0.196. The second kappa shape index (κ2) is 9.97. The summed E-state index contributed by atoms with van der Waals surface area (Å²) in [5, 5.41) is 0.950. The van der Waals surface area contributed by atoms with Crippen LogP contribution in [-0.4, -0.2) is 37.6 Å². The molecule has 0 amide bonds. The molecule has 0 atom stereocenters. The molecule has 0 radical (unpaired) electrons. The van der Waals surface area contributed by atoms with Gasteiger partial charge in [0.1, 0.15) is 28.7 Å². The predicted octanol–water partition coefficient (Wildman–Crippen LogP) is 5.83. The molecular formula is C30H27NO7. The second-order valence-corrected chi connectivity index (χ2v) is 8.75. The summed E-state index contributed by atoms with van der Waals surface area (Å²) in [5.74, 6) is 1.68. The van der Waals surface area contributed by atoms with E-state index in [1.54, 1.807) is 50.4 Å². The Kier molecular flexibility index (Phi) is 6.55. The molecule has 0 N–H and O–H groups in total. The lowest BCUT2D eigenvalue weighted by Crippen LogP contribution is -2.10. The van der Waals surface area contributed by atoms with E-state index in [4.69, 9.17) is 23.7 Å². The monoisotopic (exact) mass is 513 g/mol. The standard InChI is InChI=1S/C30H27NO7/c1-6-31-16-19(24-15-20(34-3)7-9-25(24)31)13-27-28(32)23-8-10-26(17(2)29(23)37-27)38-30(33)18-11-21(35-4)14-22(12-18)36-5/h7-16H,6H2,1-5H3/b27-13-. The van der Waals surface area contributed by atoms with Crippen molar-refractivity contribution >= 4 is 28.7 Å². The fraction of sp³-hybridized carbons (Fsp3) is 0.200. The molecule has 1 aliphatic rings. The number of hydrogen-bond acceptors (Lipinski definition) is 7. The van der Waals surface area contributed by atoms with Gasteiger partial charge in [0.15, 0.2) is 5.76 Å². The van der Waals surface area contributed by atoms with Crippen LogP contribution < -0.4 is 23.7 Å². The lowest BCUT2D eigenvalue weighted by Gasteiger charge is -2.11. The van der Waals surface area contributed by atoms with E-state index < -0.39 is 5.97 Å². The second-order valence-electron chi connectivity index (χ2n) is 8.75. The molecule has 0 spiro atoms. The lowest BCUT2D eigenvalue weighted by atomic mass is 10.1. The molecule has 4 aromatic rings. The maximum absolute atomic E-state index is 13.2. The summed E-state index contributed by atoms with van der Waals surface area (Å²) in [7, 11) is 4.63. The molecule has 194 valence electrons. The van der Waals surface area contributed by atoms with E-state index in [-0.39, 0.29) is 22.9 Å². The van der Waals surface area contributed by atoms with E-state index in [2.05, 4.69) is 11.5 Å². The Labute approximate surface area is 219 Å². The van der Waals surface area contributed by atoms with Gasteiger partial charge in [-0.15, -0.1) is 0 Å². The molecule has 5 rings (SSSR count).